The number of nitrogens with one attached hydrogen (secondary N) is 2. The Morgan fingerprint density at radius 1 is 1.38 bits per heavy atom. The molecule has 118 valence electrons. The first-order valence-corrected chi connectivity index (χ1v) is 6.29. The van der Waals surface area contributed by atoms with E-state index in [0.29, 0.717) is 11.7 Å². The van der Waals surface area contributed by atoms with Crippen LogP contribution < -0.4 is 10.9 Å². The predicted molar refractivity (Wildman–Crippen MR) is 68.1 cm³/mol. The maximum atomic E-state index is 11.2. The number of H-pyrrole nitrogens is 1. The van der Waals surface area contributed by atoms with E-state index in [-0.39, 0.29) is 5.56 Å². The highest BCUT2D eigenvalue weighted by Gasteiger charge is 2.38. The van der Waals surface area contributed by atoms with Crippen molar-refractivity contribution in [2.75, 3.05) is 13.1 Å². The summed E-state index contributed by atoms with van der Waals surface area (Å²) in [4.78, 5) is 27.2. The highest BCUT2D eigenvalue weighted by atomic mass is 19.4. The van der Waals surface area contributed by atoms with Gasteiger partial charge in [-0.05, 0) is 32.9 Å². The van der Waals surface area contributed by atoms with Crippen molar-refractivity contribution in [1.29, 1.82) is 0 Å². The lowest BCUT2D eigenvalue weighted by atomic mass is 9.94. The molecule has 1 aromatic rings. The third kappa shape index (κ3) is 5.94. The summed E-state index contributed by atoms with van der Waals surface area (Å²) in [6, 6.07) is 1.63. The van der Waals surface area contributed by atoms with Gasteiger partial charge in [0.2, 0.25) is 0 Å². The lowest BCUT2D eigenvalue weighted by Crippen LogP contribution is -2.28. The minimum absolute atomic E-state index is 0.0361. The van der Waals surface area contributed by atoms with E-state index in [4.69, 9.17) is 9.90 Å². The molecule has 6 nitrogen and oxygen atoms in total. The van der Waals surface area contributed by atoms with E-state index in [1.54, 1.807) is 6.07 Å². The van der Waals surface area contributed by atoms with Crippen LogP contribution in [-0.4, -0.2) is 40.3 Å². The van der Waals surface area contributed by atoms with Crippen LogP contribution in [0.1, 0.15) is 30.3 Å². The summed E-state index contributed by atoms with van der Waals surface area (Å²) < 4.78 is 31.7. The fourth-order valence-corrected chi connectivity index (χ4v) is 1.93. The Balaban J connectivity index is 0.000000270. The zero-order valence-corrected chi connectivity index (χ0v) is 11.3. The quantitative estimate of drug-likeness (QED) is 0.724. The number of hydrogen-bond acceptors (Lipinski definition) is 4. The summed E-state index contributed by atoms with van der Waals surface area (Å²) in [5, 5.41) is 10.4. The van der Waals surface area contributed by atoms with Gasteiger partial charge in [0.25, 0.3) is 5.56 Å². The molecule has 1 fully saturated rings. The van der Waals surface area contributed by atoms with Crippen molar-refractivity contribution in [3.63, 3.8) is 0 Å². The molecule has 0 atom stereocenters. The summed E-state index contributed by atoms with van der Waals surface area (Å²) in [6.45, 7) is 3.88. The minimum atomic E-state index is -5.08. The van der Waals surface area contributed by atoms with Gasteiger partial charge in [-0.15, -0.1) is 0 Å². The molecule has 0 spiro atoms. The summed E-state index contributed by atoms with van der Waals surface area (Å²) >= 11 is 0. The van der Waals surface area contributed by atoms with Crippen molar-refractivity contribution >= 4 is 5.97 Å². The smallest absolute Gasteiger partial charge is 0.475 e. The van der Waals surface area contributed by atoms with Gasteiger partial charge in [-0.1, -0.05) is 0 Å². The number of aryl methyl sites for hydroxylation is 1. The second-order valence-corrected chi connectivity index (χ2v) is 4.58. The van der Waals surface area contributed by atoms with E-state index in [0.717, 1.165) is 31.6 Å². The second kappa shape index (κ2) is 7.21. The first kappa shape index (κ1) is 17.2. The molecule has 0 amide bonds. The molecule has 1 aliphatic rings. The van der Waals surface area contributed by atoms with Gasteiger partial charge in [-0.3, -0.25) is 4.79 Å². The zero-order chi connectivity index (χ0) is 16.0. The van der Waals surface area contributed by atoms with Crippen molar-refractivity contribution in [2.45, 2.75) is 31.9 Å². The molecule has 0 aliphatic carbocycles. The number of carboxylic acids is 1. The fourth-order valence-electron chi connectivity index (χ4n) is 1.93. The van der Waals surface area contributed by atoms with E-state index in [1.807, 2.05) is 6.92 Å². The van der Waals surface area contributed by atoms with E-state index in [2.05, 4.69) is 15.3 Å². The Bertz CT molecular complexity index is 537. The number of rotatable bonds is 1. The normalized spacial score (nSPS) is 16.0. The first-order chi connectivity index (χ1) is 9.70. The van der Waals surface area contributed by atoms with Crippen LogP contribution in [0.2, 0.25) is 0 Å². The van der Waals surface area contributed by atoms with Crippen molar-refractivity contribution in [3.05, 3.63) is 27.9 Å². The number of aromatic nitrogens is 2. The Kier molecular flexibility index (Phi) is 5.89. The molecule has 0 unspecified atom stereocenters. The largest absolute Gasteiger partial charge is 0.490 e. The maximum Gasteiger partial charge on any atom is 0.490 e. The number of alkyl halides is 3. The molecule has 1 aliphatic heterocycles. The van der Waals surface area contributed by atoms with Gasteiger partial charge in [0.15, 0.2) is 0 Å². The molecule has 0 bridgehead atoms. The SMILES string of the molecule is Cc1nc(C2CCNCC2)cc(=O)[nH]1.O=C(O)C(F)(F)F. The van der Waals surface area contributed by atoms with Crippen LogP contribution >= 0.6 is 0 Å². The Hall–Kier alpha value is -1.90. The molecule has 0 saturated carbocycles. The lowest BCUT2D eigenvalue weighted by molar-refractivity contribution is -0.192. The van der Waals surface area contributed by atoms with Crippen LogP contribution in [0, 0.1) is 6.92 Å². The fraction of sp³-hybridized carbons (Fsp3) is 0.583. The van der Waals surface area contributed by atoms with E-state index in [1.165, 1.54) is 0 Å². The molecule has 2 heterocycles. The lowest BCUT2D eigenvalue weighted by Gasteiger charge is -2.21. The number of nitrogens with zero attached hydrogens (tertiary/aromatic N) is 1. The zero-order valence-electron chi connectivity index (χ0n) is 11.3. The molecule has 2 rings (SSSR count). The molecule has 0 aromatic carbocycles. The molecule has 3 N–H and O–H groups in total. The molecule has 1 aromatic heterocycles. The molecular weight excluding hydrogens is 291 g/mol. The van der Waals surface area contributed by atoms with Crippen LogP contribution in [0.25, 0.3) is 0 Å². The molecule has 1 saturated heterocycles. The van der Waals surface area contributed by atoms with Gasteiger partial charge in [-0.2, -0.15) is 13.2 Å². The summed E-state index contributed by atoms with van der Waals surface area (Å²) in [5.41, 5.74) is 0.916. The number of piperidine rings is 1. The molecular formula is C12H16F3N3O3. The van der Waals surface area contributed by atoms with Crippen molar-refractivity contribution in [2.24, 2.45) is 0 Å². The monoisotopic (exact) mass is 307 g/mol. The third-order valence-corrected chi connectivity index (χ3v) is 2.88. The average Bonchev–Trinajstić information content (AvgIpc) is 2.38. The highest BCUT2D eigenvalue weighted by molar-refractivity contribution is 5.73. The Morgan fingerprint density at radius 2 is 1.90 bits per heavy atom. The van der Waals surface area contributed by atoms with Crippen LogP contribution in [-0.2, 0) is 4.79 Å². The minimum Gasteiger partial charge on any atom is -0.475 e. The van der Waals surface area contributed by atoms with Gasteiger partial charge >= 0.3 is 12.1 Å². The van der Waals surface area contributed by atoms with Crippen LogP contribution in [0.15, 0.2) is 10.9 Å². The van der Waals surface area contributed by atoms with Gasteiger partial charge in [0.1, 0.15) is 5.82 Å². The van der Waals surface area contributed by atoms with Gasteiger partial charge in [0.05, 0.1) is 5.69 Å². The summed E-state index contributed by atoms with van der Waals surface area (Å²) in [5.74, 6) is -1.59. The Labute approximate surface area is 118 Å². The van der Waals surface area contributed by atoms with Gasteiger partial charge in [0, 0.05) is 12.0 Å². The maximum absolute atomic E-state index is 11.2. The van der Waals surface area contributed by atoms with E-state index in [9.17, 15) is 18.0 Å². The average molecular weight is 307 g/mol. The van der Waals surface area contributed by atoms with Gasteiger partial charge < -0.3 is 15.4 Å². The summed E-state index contributed by atoms with van der Waals surface area (Å²) in [7, 11) is 0. The van der Waals surface area contributed by atoms with Crippen LogP contribution in [0.3, 0.4) is 0 Å². The van der Waals surface area contributed by atoms with Crippen molar-refractivity contribution in [3.8, 4) is 0 Å². The number of hydrogen-bond donors (Lipinski definition) is 3. The summed E-state index contributed by atoms with van der Waals surface area (Å²) in [6.07, 6.45) is -2.92. The first-order valence-electron chi connectivity index (χ1n) is 6.29. The van der Waals surface area contributed by atoms with Crippen LogP contribution in [0.5, 0.6) is 0 Å². The standard InChI is InChI=1S/C10H15N3O.C2HF3O2/c1-7-12-9(6-10(14)13-7)8-2-4-11-5-3-8;3-2(4,5)1(6)7/h6,8,11H,2-5H2,1H3,(H,12,13,14);(H,6,7). The molecule has 9 heteroatoms. The highest BCUT2D eigenvalue weighted by Crippen LogP contribution is 2.21. The van der Waals surface area contributed by atoms with E-state index >= 15 is 0 Å². The number of carboxylic acid groups (broad SMARTS) is 1. The third-order valence-electron chi connectivity index (χ3n) is 2.88. The predicted octanol–water partition coefficient (Wildman–Crippen LogP) is 1.18. The van der Waals surface area contributed by atoms with Gasteiger partial charge in [-0.25, -0.2) is 9.78 Å². The van der Waals surface area contributed by atoms with Crippen molar-refractivity contribution < 1.29 is 23.1 Å². The molecule has 0 radical (unpaired) electrons. The molecule has 21 heavy (non-hydrogen) atoms. The van der Waals surface area contributed by atoms with Crippen LogP contribution in [0.4, 0.5) is 13.2 Å². The van der Waals surface area contributed by atoms with E-state index < -0.39 is 12.1 Å². The number of aromatic amines is 1. The van der Waals surface area contributed by atoms with Crippen molar-refractivity contribution in [1.82, 2.24) is 15.3 Å². The second-order valence-electron chi connectivity index (χ2n) is 4.58. The Morgan fingerprint density at radius 3 is 2.33 bits per heavy atom. The number of carbonyl (C=O) groups is 1. The number of halogens is 3. The topological polar surface area (TPSA) is 95.1 Å². The number of aliphatic carboxylic acids is 1.